The molecule has 3 aromatic heterocycles. The summed E-state index contributed by atoms with van der Waals surface area (Å²) in [6.07, 6.45) is 3.22. The number of benzene rings is 1. The fourth-order valence-corrected chi connectivity index (χ4v) is 3.98. The number of nitrogens with one attached hydrogen (secondary N) is 3. The minimum atomic E-state index is -1.20. The first kappa shape index (κ1) is 30.2. The Morgan fingerprint density at radius 3 is 2.65 bits per heavy atom. The van der Waals surface area contributed by atoms with Gasteiger partial charge in [0.1, 0.15) is 24.1 Å². The Balaban J connectivity index is 1.59. The van der Waals surface area contributed by atoms with Gasteiger partial charge >= 0.3 is 12.1 Å². The molecule has 0 saturated carbocycles. The van der Waals surface area contributed by atoms with E-state index in [1.165, 1.54) is 36.0 Å². The van der Waals surface area contributed by atoms with Crippen LogP contribution in [0.2, 0.25) is 0 Å². The number of ether oxygens (including phenoxy) is 2. The van der Waals surface area contributed by atoms with Crippen LogP contribution < -0.4 is 20.9 Å². The maximum Gasteiger partial charge on any atom is 0.425 e. The predicted octanol–water partition coefficient (Wildman–Crippen LogP) is 2.25. The van der Waals surface area contributed by atoms with E-state index < -0.39 is 30.8 Å². The van der Waals surface area contributed by atoms with Crippen molar-refractivity contribution in [1.29, 1.82) is 0 Å². The molecule has 0 fully saturated rings. The predicted molar refractivity (Wildman–Crippen MR) is 150 cm³/mol. The number of hydrogen-bond acceptors (Lipinski definition) is 12. The number of aromatic nitrogens is 4. The summed E-state index contributed by atoms with van der Waals surface area (Å²) in [5.41, 5.74) is 2.92. The molecule has 1 unspecified atom stereocenters. The highest BCUT2D eigenvalue weighted by Crippen LogP contribution is 2.28. The summed E-state index contributed by atoms with van der Waals surface area (Å²) < 4.78 is 16.1. The maximum atomic E-state index is 13.6. The van der Waals surface area contributed by atoms with E-state index in [2.05, 4.69) is 31.2 Å². The summed E-state index contributed by atoms with van der Waals surface area (Å²) in [6, 6.07) is 4.96. The molecule has 4 rings (SSSR count). The summed E-state index contributed by atoms with van der Waals surface area (Å²) in [5, 5.41) is 16.0. The van der Waals surface area contributed by atoms with Crippen LogP contribution in [-0.2, 0) is 19.1 Å². The molecule has 16 heteroatoms. The second kappa shape index (κ2) is 13.2. The fraction of sp³-hybridized carbons (Fsp3) is 0.259. The standard InChI is InChI=1S/C27H28N8O8/c1-5-28-24(37)19-11-34-22(16(19)3)23(29-12-31-34)32-20-10-18(7-6-15(20)2)25(38)35(21-8-9-43-33-21)27(40)42-14-41-26(39)17(4)30-13-36/h6-13,17H,5,14H2,1-4H3,(H,28,37)(H,30,36)(H,29,31,32). The van der Waals surface area contributed by atoms with E-state index in [0.717, 1.165) is 11.8 Å². The van der Waals surface area contributed by atoms with E-state index in [1.807, 2.05) is 6.92 Å². The zero-order chi connectivity index (χ0) is 31.1. The minimum absolute atomic E-state index is 0.0639. The molecule has 0 radical (unpaired) electrons. The lowest BCUT2D eigenvalue weighted by atomic mass is 10.1. The molecule has 0 aliphatic heterocycles. The second-order valence-corrected chi connectivity index (χ2v) is 9.08. The van der Waals surface area contributed by atoms with Gasteiger partial charge in [0.25, 0.3) is 11.8 Å². The van der Waals surface area contributed by atoms with Gasteiger partial charge in [0.05, 0.1) is 5.56 Å². The number of aryl methyl sites for hydroxylation is 2. The molecule has 1 aromatic carbocycles. The number of anilines is 3. The lowest BCUT2D eigenvalue weighted by molar-refractivity contribution is -0.154. The Kier molecular flexibility index (Phi) is 9.29. The van der Waals surface area contributed by atoms with Gasteiger partial charge in [-0.15, -0.1) is 0 Å². The van der Waals surface area contributed by atoms with E-state index in [1.54, 1.807) is 26.1 Å². The third kappa shape index (κ3) is 6.58. The van der Waals surface area contributed by atoms with Crippen LogP contribution >= 0.6 is 0 Å². The van der Waals surface area contributed by atoms with Crippen LogP contribution in [0.3, 0.4) is 0 Å². The molecule has 0 saturated heterocycles. The largest absolute Gasteiger partial charge is 0.426 e. The topological polar surface area (TPSA) is 199 Å². The SMILES string of the molecule is CCNC(=O)c1cn2ncnc(Nc3cc(C(=O)N(C(=O)OCOC(=O)C(C)NC=O)c4ccon4)ccc3C)c2c1C. The van der Waals surface area contributed by atoms with Crippen molar-refractivity contribution in [2.24, 2.45) is 0 Å². The number of amides is 4. The highest BCUT2D eigenvalue weighted by Gasteiger charge is 2.30. The Hall–Kier alpha value is -5.80. The minimum Gasteiger partial charge on any atom is -0.426 e. The quantitative estimate of drug-likeness (QED) is 0.131. The molecule has 0 aliphatic carbocycles. The van der Waals surface area contributed by atoms with E-state index >= 15 is 0 Å². The van der Waals surface area contributed by atoms with Crippen molar-refractivity contribution in [3.8, 4) is 0 Å². The smallest absolute Gasteiger partial charge is 0.425 e. The van der Waals surface area contributed by atoms with Crippen LogP contribution in [0.5, 0.6) is 0 Å². The molecular formula is C27H28N8O8. The van der Waals surface area contributed by atoms with Crippen LogP contribution in [0.15, 0.2) is 47.6 Å². The van der Waals surface area contributed by atoms with Crippen molar-refractivity contribution in [3.63, 3.8) is 0 Å². The average molecular weight is 593 g/mol. The molecule has 3 heterocycles. The number of carbonyl (C=O) groups is 5. The third-order valence-electron chi connectivity index (χ3n) is 6.24. The third-order valence-corrected chi connectivity index (χ3v) is 6.24. The molecule has 224 valence electrons. The molecule has 4 aromatic rings. The van der Waals surface area contributed by atoms with Crippen molar-refractivity contribution < 1.29 is 38.0 Å². The normalized spacial score (nSPS) is 11.3. The lowest BCUT2D eigenvalue weighted by Crippen LogP contribution is -2.39. The zero-order valence-corrected chi connectivity index (χ0v) is 23.6. The number of nitrogens with zero attached hydrogens (tertiary/aromatic N) is 5. The molecule has 3 N–H and O–H groups in total. The van der Waals surface area contributed by atoms with E-state index in [9.17, 15) is 24.0 Å². The van der Waals surface area contributed by atoms with Crippen LogP contribution in [0.1, 0.15) is 45.7 Å². The summed E-state index contributed by atoms with van der Waals surface area (Å²) in [7, 11) is 0. The number of hydrogen-bond donors (Lipinski definition) is 3. The highest BCUT2D eigenvalue weighted by molar-refractivity contribution is 6.19. The average Bonchev–Trinajstić information content (AvgIpc) is 3.63. The second-order valence-electron chi connectivity index (χ2n) is 9.08. The first-order valence-corrected chi connectivity index (χ1v) is 12.9. The lowest BCUT2D eigenvalue weighted by Gasteiger charge is -2.19. The van der Waals surface area contributed by atoms with Crippen LogP contribution in [0.25, 0.3) is 5.52 Å². The fourth-order valence-electron chi connectivity index (χ4n) is 3.98. The number of imide groups is 1. The molecule has 16 nitrogen and oxygen atoms in total. The van der Waals surface area contributed by atoms with Gasteiger partial charge in [-0.25, -0.2) is 19.1 Å². The first-order valence-electron chi connectivity index (χ1n) is 12.9. The molecule has 0 spiro atoms. The Labute approximate surface area is 244 Å². The van der Waals surface area contributed by atoms with Crippen molar-refractivity contribution in [2.45, 2.75) is 33.7 Å². The molecule has 43 heavy (non-hydrogen) atoms. The van der Waals surface area contributed by atoms with E-state index in [4.69, 9.17) is 14.0 Å². The van der Waals surface area contributed by atoms with E-state index in [-0.39, 0.29) is 17.3 Å². The number of rotatable bonds is 11. The van der Waals surface area contributed by atoms with Crippen LogP contribution in [0, 0.1) is 13.8 Å². The number of fused-ring (bicyclic) bond motifs is 1. The van der Waals surface area contributed by atoms with Gasteiger partial charge < -0.3 is 29.9 Å². The van der Waals surface area contributed by atoms with Gasteiger partial charge in [0, 0.05) is 30.1 Å². The molecular weight excluding hydrogens is 564 g/mol. The van der Waals surface area contributed by atoms with Gasteiger partial charge in [-0.05, 0) is 51.0 Å². The van der Waals surface area contributed by atoms with Gasteiger partial charge in [0.15, 0.2) is 11.6 Å². The first-order chi connectivity index (χ1) is 20.7. The highest BCUT2D eigenvalue weighted by atomic mass is 16.7. The van der Waals surface area contributed by atoms with Gasteiger partial charge in [0.2, 0.25) is 13.2 Å². The van der Waals surface area contributed by atoms with Crippen molar-refractivity contribution in [3.05, 3.63) is 65.3 Å². The summed E-state index contributed by atoms with van der Waals surface area (Å²) in [6.45, 7) is 6.41. The monoisotopic (exact) mass is 592 g/mol. The summed E-state index contributed by atoms with van der Waals surface area (Å²) >= 11 is 0. The Bertz CT molecular complexity index is 1670. The Morgan fingerprint density at radius 2 is 1.95 bits per heavy atom. The van der Waals surface area contributed by atoms with Gasteiger partial charge in [-0.1, -0.05) is 11.2 Å². The van der Waals surface area contributed by atoms with Gasteiger partial charge in [-0.2, -0.15) is 10.00 Å². The van der Waals surface area contributed by atoms with Crippen LogP contribution in [-0.4, -0.2) is 69.4 Å². The summed E-state index contributed by atoms with van der Waals surface area (Å²) in [4.78, 5) is 66.4. The number of esters is 1. The van der Waals surface area contributed by atoms with Crippen molar-refractivity contribution in [1.82, 2.24) is 30.4 Å². The maximum absolute atomic E-state index is 13.6. The number of carbonyl (C=O) groups excluding carboxylic acids is 5. The van der Waals surface area contributed by atoms with Crippen LogP contribution in [0.4, 0.5) is 22.1 Å². The zero-order valence-electron chi connectivity index (χ0n) is 23.6. The molecule has 0 bridgehead atoms. The van der Waals surface area contributed by atoms with Crippen molar-refractivity contribution in [2.75, 3.05) is 23.6 Å². The summed E-state index contributed by atoms with van der Waals surface area (Å²) in [5.74, 6) is -1.73. The van der Waals surface area contributed by atoms with E-state index in [0.29, 0.717) is 46.0 Å². The van der Waals surface area contributed by atoms with Gasteiger partial charge in [-0.3, -0.25) is 14.4 Å². The molecule has 0 aliphatic rings. The van der Waals surface area contributed by atoms with Crippen molar-refractivity contribution >= 4 is 53.1 Å². The molecule has 4 amide bonds. The molecule has 1 atom stereocenters. The Morgan fingerprint density at radius 1 is 1.16 bits per heavy atom.